The minimum absolute atomic E-state index is 0.126. The van der Waals surface area contributed by atoms with Gasteiger partial charge in [-0.15, -0.1) is 0 Å². The Hall–Kier alpha value is -3.71. The first-order valence-electron chi connectivity index (χ1n) is 13.2. The average Bonchev–Trinajstić information content (AvgIpc) is 3.15. The van der Waals surface area contributed by atoms with E-state index in [1.807, 2.05) is 66.7 Å². The van der Waals surface area contributed by atoms with E-state index in [2.05, 4.69) is 17.3 Å². The third-order valence-corrected chi connectivity index (χ3v) is 7.75. The molecule has 3 atom stereocenters. The molecule has 2 saturated heterocycles. The summed E-state index contributed by atoms with van der Waals surface area (Å²) >= 11 is 0. The fraction of sp³-hybridized carbons (Fsp3) is 0.387. The molecule has 1 amide bonds. The number of piperidine rings is 1. The van der Waals surface area contributed by atoms with Crippen LogP contribution in [0.25, 0.3) is 0 Å². The zero-order chi connectivity index (χ0) is 26.5. The van der Waals surface area contributed by atoms with Gasteiger partial charge >= 0.3 is 0 Å². The van der Waals surface area contributed by atoms with Crippen molar-refractivity contribution in [2.45, 2.75) is 57.0 Å². The normalized spacial score (nSPS) is 20.6. The smallest absolute Gasteiger partial charge is 0.255 e. The third kappa shape index (κ3) is 5.89. The summed E-state index contributed by atoms with van der Waals surface area (Å²) in [6.45, 7) is 0.637. The van der Waals surface area contributed by atoms with Gasteiger partial charge < -0.3 is 29.2 Å². The first kappa shape index (κ1) is 25.9. The Labute approximate surface area is 224 Å². The minimum Gasteiger partial charge on any atom is -0.497 e. The molecule has 2 fully saturated rings. The molecule has 7 heteroatoms. The number of para-hydroxylation sites is 1. The van der Waals surface area contributed by atoms with Gasteiger partial charge in [-0.1, -0.05) is 30.3 Å². The Bertz CT molecular complexity index is 1210. The quantitative estimate of drug-likeness (QED) is 0.399. The van der Waals surface area contributed by atoms with Gasteiger partial charge in [0, 0.05) is 18.1 Å². The van der Waals surface area contributed by atoms with E-state index in [-0.39, 0.29) is 11.9 Å². The number of amides is 1. The Morgan fingerprint density at radius 3 is 1.92 bits per heavy atom. The van der Waals surface area contributed by atoms with Gasteiger partial charge in [-0.05, 0) is 80.3 Å². The van der Waals surface area contributed by atoms with Gasteiger partial charge in [-0.2, -0.15) is 0 Å². The average molecular weight is 517 g/mol. The molecule has 0 radical (unpaired) electrons. The third-order valence-electron chi connectivity index (χ3n) is 7.75. The molecule has 3 aromatic rings. The van der Waals surface area contributed by atoms with Crippen molar-refractivity contribution in [3.8, 4) is 23.0 Å². The van der Waals surface area contributed by atoms with E-state index in [1.165, 1.54) is 12.8 Å². The number of fused-ring (bicyclic) bond motifs is 2. The Morgan fingerprint density at radius 2 is 1.37 bits per heavy atom. The lowest BCUT2D eigenvalue weighted by atomic mass is 9.97. The Morgan fingerprint density at radius 1 is 0.816 bits per heavy atom. The van der Waals surface area contributed by atoms with Crippen molar-refractivity contribution < 1.29 is 23.7 Å². The van der Waals surface area contributed by atoms with Crippen LogP contribution in [0.1, 0.15) is 47.2 Å². The standard InChI is InChI=1S/C31H36N2O5/c1-33-24-11-12-25(33)18-23(17-24)32-31(34)28-5-4-6-29(37-19-21-7-13-26(35-2)14-8-21)30(28)38-20-22-9-15-27(36-3)16-10-22/h4-10,13-16,23-25H,11-12,17-20H2,1-3H3,(H,32,34)/t23-,24+,25-. The number of ether oxygens (including phenoxy) is 4. The van der Waals surface area contributed by atoms with Gasteiger partial charge in [-0.3, -0.25) is 4.79 Å². The maximum atomic E-state index is 13.6. The van der Waals surface area contributed by atoms with E-state index in [9.17, 15) is 4.79 Å². The summed E-state index contributed by atoms with van der Waals surface area (Å²) in [6, 6.07) is 22.2. The highest BCUT2D eigenvalue weighted by Crippen LogP contribution is 2.36. The number of nitrogens with zero attached hydrogens (tertiary/aromatic N) is 1. The summed E-state index contributed by atoms with van der Waals surface area (Å²) in [5.41, 5.74) is 2.44. The van der Waals surface area contributed by atoms with E-state index in [1.54, 1.807) is 14.2 Å². The highest BCUT2D eigenvalue weighted by molar-refractivity contribution is 5.98. The Balaban J connectivity index is 1.34. The zero-order valence-corrected chi connectivity index (χ0v) is 22.3. The van der Waals surface area contributed by atoms with Crippen molar-refractivity contribution in [2.24, 2.45) is 0 Å². The fourth-order valence-corrected chi connectivity index (χ4v) is 5.51. The summed E-state index contributed by atoms with van der Waals surface area (Å²) in [5.74, 6) is 2.43. The summed E-state index contributed by atoms with van der Waals surface area (Å²) < 4.78 is 23.0. The summed E-state index contributed by atoms with van der Waals surface area (Å²) in [7, 11) is 5.49. The van der Waals surface area contributed by atoms with Crippen molar-refractivity contribution in [3.63, 3.8) is 0 Å². The predicted octanol–water partition coefficient (Wildman–Crippen LogP) is 5.22. The number of benzene rings is 3. The number of rotatable bonds is 10. The molecular formula is C31H36N2O5. The topological polar surface area (TPSA) is 69.3 Å². The molecule has 38 heavy (non-hydrogen) atoms. The first-order valence-corrected chi connectivity index (χ1v) is 13.2. The second-order valence-corrected chi connectivity index (χ2v) is 10.1. The molecule has 0 aromatic heterocycles. The molecule has 2 aliphatic heterocycles. The van der Waals surface area contributed by atoms with Gasteiger partial charge in [0.1, 0.15) is 24.7 Å². The van der Waals surface area contributed by atoms with Crippen molar-refractivity contribution in [3.05, 3.63) is 83.4 Å². The fourth-order valence-electron chi connectivity index (χ4n) is 5.51. The van der Waals surface area contributed by atoms with E-state index < -0.39 is 0 Å². The number of nitrogens with one attached hydrogen (secondary N) is 1. The van der Waals surface area contributed by atoms with Crippen LogP contribution < -0.4 is 24.3 Å². The van der Waals surface area contributed by atoms with Crippen LogP contribution in [0.2, 0.25) is 0 Å². The lowest BCUT2D eigenvalue weighted by molar-refractivity contribution is 0.0877. The van der Waals surface area contributed by atoms with Gasteiger partial charge in [0.25, 0.3) is 5.91 Å². The van der Waals surface area contributed by atoms with Gasteiger partial charge in [-0.25, -0.2) is 0 Å². The van der Waals surface area contributed by atoms with Crippen LogP contribution in [0.3, 0.4) is 0 Å². The molecule has 2 aliphatic rings. The molecule has 7 nitrogen and oxygen atoms in total. The predicted molar refractivity (Wildman–Crippen MR) is 146 cm³/mol. The second kappa shape index (κ2) is 11.8. The number of hydrogen-bond donors (Lipinski definition) is 1. The highest BCUT2D eigenvalue weighted by atomic mass is 16.5. The van der Waals surface area contributed by atoms with Crippen molar-refractivity contribution in [1.82, 2.24) is 10.2 Å². The largest absolute Gasteiger partial charge is 0.497 e. The molecule has 0 aliphatic carbocycles. The van der Waals surface area contributed by atoms with Gasteiger partial charge in [0.05, 0.1) is 19.8 Å². The minimum atomic E-state index is -0.126. The number of carbonyl (C=O) groups is 1. The Kier molecular flexibility index (Phi) is 8.03. The lowest BCUT2D eigenvalue weighted by Crippen LogP contribution is -2.48. The molecule has 5 rings (SSSR count). The van der Waals surface area contributed by atoms with Crippen LogP contribution in [0.5, 0.6) is 23.0 Å². The molecule has 0 saturated carbocycles. The second-order valence-electron chi connectivity index (χ2n) is 10.1. The lowest BCUT2D eigenvalue weighted by Gasteiger charge is -2.36. The maximum absolute atomic E-state index is 13.6. The van der Waals surface area contributed by atoms with Crippen LogP contribution in [0, 0.1) is 0 Å². The summed E-state index contributed by atoms with van der Waals surface area (Å²) in [5, 5.41) is 3.29. The number of methoxy groups -OCH3 is 2. The number of carbonyl (C=O) groups excluding carboxylic acids is 1. The monoisotopic (exact) mass is 516 g/mol. The summed E-state index contributed by atoms with van der Waals surface area (Å²) in [6.07, 6.45) is 4.37. The number of hydrogen-bond acceptors (Lipinski definition) is 6. The molecule has 3 aromatic carbocycles. The van der Waals surface area contributed by atoms with Crippen LogP contribution in [-0.2, 0) is 13.2 Å². The van der Waals surface area contributed by atoms with Crippen LogP contribution in [0.4, 0.5) is 0 Å². The SMILES string of the molecule is COc1ccc(COc2cccc(C(=O)N[C@H]3C[C@H]4CC[C@@H](C3)N4C)c2OCc2ccc(OC)cc2)cc1. The molecular weight excluding hydrogens is 480 g/mol. The molecule has 2 bridgehead atoms. The molecule has 2 heterocycles. The van der Waals surface area contributed by atoms with Crippen molar-refractivity contribution in [1.29, 1.82) is 0 Å². The van der Waals surface area contributed by atoms with E-state index >= 15 is 0 Å². The molecule has 0 spiro atoms. The van der Waals surface area contributed by atoms with Crippen LogP contribution in [-0.4, -0.2) is 50.2 Å². The molecule has 0 unspecified atom stereocenters. The van der Waals surface area contributed by atoms with Gasteiger partial charge in [0.2, 0.25) is 0 Å². The summed E-state index contributed by atoms with van der Waals surface area (Å²) in [4.78, 5) is 16.0. The van der Waals surface area contributed by atoms with E-state index in [4.69, 9.17) is 18.9 Å². The van der Waals surface area contributed by atoms with E-state index in [0.29, 0.717) is 42.4 Å². The van der Waals surface area contributed by atoms with Crippen molar-refractivity contribution in [2.75, 3.05) is 21.3 Å². The van der Waals surface area contributed by atoms with Gasteiger partial charge in [0.15, 0.2) is 11.5 Å². The first-order chi connectivity index (χ1) is 18.5. The zero-order valence-electron chi connectivity index (χ0n) is 22.3. The van der Waals surface area contributed by atoms with Crippen LogP contribution >= 0.6 is 0 Å². The van der Waals surface area contributed by atoms with Crippen LogP contribution in [0.15, 0.2) is 66.7 Å². The highest BCUT2D eigenvalue weighted by Gasteiger charge is 2.39. The van der Waals surface area contributed by atoms with Crippen molar-refractivity contribution >= 4 is 5.91 Å². The molecule has 1 N–H and O–H groups in total. The van der Waals surface area contributed by atoms with E-state index in [0.717, 1.165) is 35.5 Å². The molecule has 200 valence electrons. The maximum Gasteiger partial charge on any atom is 0.255 e.